The first-order valence-corrected chi connectivity index (χ1v) is 6.26. The number of benzene rings is 2. The maximum atomic E-state index is 12.1. The fourth-order valence-corrected chi connectivity index (χ4v) is 1.96. The summed E-state index contributed by atoms with van der Waals surface area (Å²) in [6, 6.07) is 13.9. The Morgan fingerprint density at radius 1 is 1.00 bits per heavy atom. The van der Waals surface area contributed by atoms with E-state index in [2.05, 4.69) is 14.7 Å². The van der Waals surface area contributed by atoms with Crippen LogP contribution in [-0.4, -0.2) is 22.8 Å². The van der Waals surface area contributed by atoms with Gasteiger partial charge in [0.25, 0.3) is 0 Å². The molecular formula is C15H11F3N2O. The fraction of sp³-hybridized carbons (Fsp3) is 0.133. The van der Waals surface area contributed by atoms with E-state index in [1.807, 2.05) is 24.3 Å². The van der Waals surface area contributed by atoms with Crippen molar-refractivity contribution in [3.8, 4) is 17.1 Å². The maximum absolute atomic E-state index is 12.1. The van der Waals surface area contributed by atoms with Gasteiger partial charge in [-0.1, -0.05) is 12.1 Å². The van der Waals surface area contributed by atoms with Crippen LogP contribution >= 0.6 is 0 Å². The summed E-state index contributed by atoms with van der Waals surface area (Å²) >= 11 is 0. The molecule has 0 saturated carbocycles. The summed E-state index contributed by atoms with van der Waals surface area (Å²) in [5.74, 6) is 0.839. The molecule has 0 aliphatic rings. The van der Waals surface area contributed by atoms with Gasteiger partial charge in [0.15, 0.2) is 6.61 Å². The quantitative estimate of drug-likeness (QED) is 0.786. The molecule has 108 valence electrons. The molecule has 3 rings (SSSR count). The van der Waals surface area contributed by atoms with Crippen molar-refractivity contribution in [2.75, 3.05) is 6.61 Å². The van der Waals surface area contributed by atoms with Crippen LogP contribution in [0.2, 0.25) is 0 Å². The molecule has 0 aliphatic heterocycles. The Kier molecular flexibility index (Phi) is 3.29. The molecule has 3 nitrogen and oxygen atoms in total. The number of para-hydroxylation sites is 2. The van der Waals surface area contributed by atoms with E-state index in [1.54, 1.807) is 12.1 Å². The van der Waals surface area contributed by atoms with E-state index < -0.39 is 12.8 Å². The van der Waals surface area contributed by atoms with Gasteiger partial charge in [-0.3, -0.25) is 0 Å². The maximum Gasteiger partial charge on any atom is 0.422 e. The Hall–Kier alpha value is -2.50. The first kappa shape index (κ1) is 13.5. The zero-order valence-electron chi connectivity index (χ0n) is 10.8. The number of H-pyrrole nitrogens is 1. The van der Waals surface area contributed by atoms with Gasteiger partial charge in [-0.2, -0.15) is 13.2 Å². The number of nitrogens with one attached hydrogen (secondary N) is 1. The molecule has 0 spiro atoms. The van der Waals surface area contributed by atoms with Crippen molar-refractivity contribution in [1.29, 1.82) is 0 Å². The van der Waals surface area contributed by atoms with Gasteiger partial charge in [0.2, 0.25) is 0 Å². The SMILES string of the molecule is FC(F)(F)COc1ccc(-c2nc3ccccc3[nH]2)cc1. The summed E-state index contributed by atoms with van der Waals surface area (Å²) in [4.78, 5) is 7.58. The highest BCUT2D eigenvalue weighted by Crippen LogP contribution is 2.24. The van der Waals surface area contributed by atoms with E-state index in [4.69, 9.17) is 0 Å². The van der Waals surface area contributed by atoms with E-state index >= 15 is 0 Å². The lowest BCUT2D eigenvalue weighted by atomic mass is 10.2. The number of ether oxygens (including phenoxy) is 1. The van der Waals surface area contributed by atoms with Crippen LogP contribution in [0.15, 0.2) is 48.5 Å². The molecule has 0 unspecified atom stereocenters. The normalized spacial score (nSPS) is 11.8. The Morgan fingerprint density at radius 2 is 1.71 bits per heavy atom. The first-order valence-electron chi connectivity index (χ1n) is 6.26. The summed E-state index contributed by atoms with van der Waals surface area (Å²) in [5.41, 5.74) is 2.53. The highest BCUT2D eigenvalue weighted by atomic mass is 19.4. The molecule has 0 aliphatic carbocycles. The number of hydrogen-bond donors (Lipinski definition) is 1. The Bertz CT molecular complexity index is 714. The third-order valence-corrected chi connectivity index (χ3v) is 2.92. The minimum atomic E-state index is -4.34. The van der Waals surface area contributed by atoms with Crippen LogP contribution < -0.4 is 4.74 Å². The van der Waals surface area contributed by atoms with Gasteiger partial charge >= 0.3 is 6.18 Å². The van der Waals surface area contributed by atoms with E-state index in [1.165, 1.54) is 12.1 Å². The van der Waals surface area contributed by atoms with Crippen LogP contribution in [0.5, 0.6) is 5.75 Å². The summed E-state index contributed by atoms with van der Waals surface area (Å²) in [5, 5.41) is 0. The first-order chi connectivity index (χ1) is 10.0. The van der Waals surface area contributed by atoms with Crippen molar-refractivity contribution >= 4 is 11.0 Å². The summed E-state index contributed by atoms with van der Waals surface area (Å²) in [6.07, 6.45) is -4.34. The third-order valence-electron chi connectivity index (χ3n) is 2.92. The molecule has 1 aromatic heterocycles. The smallest absolute Gasteiger partial charge is 0.422 e. The van der Waals surface area contributed by atoms with Crippen molar-refractivity contribution in [2.45, 2.75) is 6.18 Å². The fourth-order valence-electron chi connectivity index (χ4n) is 1.96. The van der Waals surface area contributed by atoms with Crippen LogP contribution in [0.1, 0.15) is 0 Å². The largest absolute Gasteiger partial charge is 0.484 e. The second kappa shape index (κ2) is 5.12. The Morgan fingerprint density at radius 3 is 2.38 bits per heavy atom. The van der Waals surface area contributed by atoms with Gasteiger partial charge < -0.3 is 9.72 Å². The highest BCUT2D eigenvalue weighted by molar-refractivity contribution is 5.79. The third kappa shape index (κ3) is 3.16. The van der Waals surface area contributed by atoms with E-state index in [0.717, 1.165) is 16.6 Å². The number of halogens is 3. The molecule has 6 heteroatoms. The lowest BCUT2D eigenvalue weighted by Crippen LogP contribution is -2.19. The molecule has 0 radical (unpaired) electrons. The number of hydrogen-bond acceptors (Lipinski definition) is 2. The number of fused-ring (bicyclic) bond motifs is 1. The van der Waals surface area contributed by atoms with Crippen molar-refractivity contribution < 1.29 is 17.9 Å². The van der Waals surface area contributed by atoms with E-state index in [0.29, 0.717) is 5.82 Å². The van der Waals surface area contributed by atoms with Gasteiger partial charge in [0, 0.05) is 5.56 Å². The van der Waals surface area contributed by atoms with Crippen molar-refractivity contribution in [3.63, 3.8) is 0 Å². The number of alkyl halides is 3. The standard InChI is InChI=1S/C15H11F3N2O/c16-15(17,18)9-21-11-7-5-10(6-8-11)14-19-12-3-1-2-4-13(12)20-14/h1-8H,9H2,(H,19,20). The predicted octanol–water partition coefficient (Wildman–Crippen LogP) is 4.17. The lowest BCUT2D eigenvalue weighted by molar-refractivity contribution is -0.153. The second-order valence-corrected chi connectivity index (χ2v) is 4.53. The Balaban J connectivity index is 1.80. The molecule has 1 N–H and O–H groups in total. The molecule has 21 heavy (non-hydrogen) atoms. The van der Waals surface area contributed by atoms with Crippen LogP contribution in [-0.2, 0) is 0 Å². The Labute approximate surface area is 118 Å². The van der Waals surface area contributed by atoms with Crippen LogP contribution in [0.4, 0.5) is 13.2 Å². The minimum absolute atomic E-state index is 0.173. The topological polar surface area (TPSA) is 37.9 Å². The zero-order chi connectivity index (χ0) is 14.9. The molecule has 0 atom stereocenters. The predicted molar refractivity (Wildman–Crippen MR) is 73.1 cm³/mol. The molecule has 0 bridgehead atoms. The second-order valence-electron chi connectivity index (χ2n) is 4.53. The number of rotatable bonds is 3. The molecule has 3 aromatic rings. The van der Waals surface area contributed by atoms with Crippen molar-refractivity contribution in [1.82, 2.24) is 9.97 Å². The molecular weight excluding hydrogens is 281 g/mol. The lowest BCUT2D eigenvalue weighted by Gasteiger charge is -2.09. The average molecular weight is 292 g/mol. The number of aromatic nitrogens is 2. The molecule has 0 amide bonds. The van der Waals surface area contributed by atoms with E-state index in [9.17, 15) is 13.2 Å². The van der Waals surface area contributed by atoms with E-state index in [-0.39, 0.29) is 5.75 Å². The van der Waals surface area contributed by atoms with Gasteiger partial charge in [-0.25, -0.2) is 4.98 Å². The molecule has 0 saturated heterocycles. The molecule has 1 heterocycles. The number of aromatic amines is 1. The van der Waals surface area contributed by atoms with Crippen LogP contribution in [0.3, 0.4) is 0 Å². The monoisotopic (exact) mass is 292 g/mol. The van der Waals surface area contributed by atoms with Crippen molar-refractivity contribution in [2.24, 2.45) is 0 Å². The summed E-state index contributed by atoms with van der Waals surface area (Å²) in [6.45, 7) is -1.29. The summed E-state index contributed by atoms with van der Waals surface area (Å²) < 4.78 is 40.9. The minimum Gasteiger partial charge on any atom is -0.484 e. The number of nitrogens with zero attached hydrogens (tertiary/aromatic N) is 1. The van der Waals surface area contributed by atoms with Gasteiger partial charge in [-0.05, 0) is 36.4 Å². The van der Waals surface area contributed by atoms with Crippen LogP contribution in [0, 0.1) is 0 Å². The van der Waals surface area contributed by atoms with Gasteiger partial charge in [-0.15, -0.1) is 0 Å². The number of imidazole rings is 1. The summed E-state index contributed by atoms with van der Waals surface area (Å²) in [7, 11) is 0. The average Bonchev–Trinajstić information content (AvgIpc) is 2.89. The molecule has 0 fully saturated rings. The molecule has 2 aromatic carbocycles. The van der Waals surface area contributed by atoms with Gasteiger partial charge in [0.1, 0.15) is 11.6 Å². The highest BCUT2D eigenvalue weighted by Gasteiger charge is 2.28. The van der Waals surface area contributed by atoms with Gasteiger partial charge in [0.05, 0.1) is 11.0 Å². The van der Waals surface area contributed by atoms with Crippen molar-refractivity contribution in [3.05, 3.63) is 48.5 Å². The zero-order valence-corrected chi connectivity index (χ0v) is 10.8. The van der Waals surface area contributed by atoms with Crippen LogP contribution in [0.25, 0.3) is 22.4 Å².